The Hall–Kier alpha value is -1.61. The van der Waals surface area contributed by atoms with E-state index in [0.717, 1.165) is 41.4 Å². The van der Waals surface area contributed by atoms with Gasteiger partial charge in [-0.25, -0.2) is 8.42 Å². The summed E-state index contributed by atoms with van der Waals surface area (Å²) in [6, 6.07) is 2.35. The molecule has 0 spiro atoms. The molecule has 9 heteroatoms. The van der Waals surface area contributed by atoms with Crippen molar-refractivity contribution in [1.29, 1.82) is 0 Å². The molecule has 1 amide bonds. The lowest BCUT2D eigenvalue weighted by atomic mass is 10.1. The predicted octanol–water partition coefficient (Wildman–Crippen LogP) is 2.09. The zero-order chi connectivity index (χ0) is 17.7. The normalized spacial score (nSPS) is 25.8. The van der Waals surface area contributed by atoms with Crippen LogP contribution in [0.3, 0.4) is 0 Å². The number of nitrogens with zero attached hydrogens (tertiary/aromatic N) is 2. The summed E-state index contributed by atoms with van der Waals surface area (Å²) in [5, 5.41) is 0. The van der Waals surface area contributed by atoms with E-state index >= 15 is 0 Å². The molecule has 0 N–H and O–H groups in total. The lowest BCUT2D eigenvalue weighted by Gasteiger charge is -2.40. The van der Waals surface area contributed by atoms with E-state index in [1.165, 1.54) is 6.92 Å². The zero-order valence-corrected chi connectivity index (χ0v) is 13.8. The van der Waals surface area contributed by atoms with Gasteiger partial charge in [-0.15, -0.1) is 0 Å². The monoisotopic (exact) mass is 362 g/mol. The molecule has 2 heterocycles. The second kappa shape index (κ2) is 5.73. The van der Waals surface area contributed by atoms with Crippen LogP contribution in [0.1, 0.15) is 25.3 Å². The summed E-state index contributed by atoms with van der Waals surface area (Å²) in [5.41, 5.74) is -0.911. The molecule has 0 aliphatic carbocycles. The number of amides is 1. The summed E-state index contributed by atoms with van der Waals surface area (Å²) >= 11 is 0. The number of hydrogen-bond acceptors (Lipinski definition) is 3. The fourth-order valence-corrected chi connectivity index (χ4v) is 4.93. The van der Waals surface area contributed by atoms with Crippen LogP contribution in [0.5, 0.6) is 0 Å². The number of sulfonamides is 1. The number of rotatable bonds is 2. The van der Waals surface area contributed by atoms with Crippen LogP contribution >= 0.6 is 0 Å². The second-order valence-corrected chi connectivity index (χ2v) is 7.99. The number of fused-ring (bicyclic) bond motifs is 1. The molecule has 2 atom stereocenters. The van der Waals surface area contributed by atoms with Crippen LogP contribution in [-0.4, -0.2) is 48.7 Å². The lowest BCUT2D eigenvalue weighted by Crippen LogP contribution is -2.59. The quantitative estimate of drug-likeness (QED) is 0.810. The first-order chi connectivity index (χ1) is 11.1. The predicted molar refractivity (Wildman–Crippen MR) is 79.5 cm³/mol. The molecule has 2 aliphatic heterocycles. The van der Waals surface area contributed by atoms with Gasteiger partial charge in [0.25, 0.3) is 0 Å². The molecule has 132 valence electrons. The van der Waals surface area contributed by atoms with Gasteiger partial charge in [0.05, 0.1) is 10.5 Å². The number of halogens is 3. The molecule has 3 rings (SSSR count). The van der Waals surface area contributed by atoms with Crippen molar-refractivity contribution in [3.63, 3.8) is 0 Å². The molecule has 0 radical (unpaired) electrons. The van der Waals surface area contributed by atoms with Crippen molar-refractivity contribution < 1.29 is 26.4 Å². The Balaban J connectivity index is 1.91. The van der Waals surface area contributed by atoms with Gasteiger partial charge in [0.1, 0.15) is 6.04 Å². The highest BCUT2D eigenvalue weighted by Crippen LogP contribution is 2.32. The summed E-state index contributed by atoms with van der Waals surface area (Å²) in [6.45, 7) is 2.32. The molecule has 0 unspecified atom stereocenters. The molecule has 2 saturated heterocycles. The molecule has 1 aromatic carbocycles. The molecule has 24 heavy (non-hydrogen) atoms. The fourth-order valence-electron chi connectivity index (χ4n) is 3.30. The van der Waals surface area contributed by atoms with Crippen LogP contribution in [0.25, 0.3) is 0 Å². The Morgan fingerprint density at radius 1 is 1.17 bits per heavy atom. The molecule has 0 aromatic heterocycles. The molecule has 5 nitrogen and oxygen atoms in total. The van der Waals surface area contributed by atoms with E-state index in [1.54, 1.807) is 4.90 Å². The largest absolute Gasteiger partial charge is 0.416 e. The van der Waals surface area contributed by atoms with Gasteiger partial charge in [-0.05, 0) is 44.0 Å². The van der Waals surface area contributed by atoms with Crippen LogP contribution < -0.4 is 0 Å². The maximum absolute atomic E-state index is 12.8. The number of hydrogen-bond donors (Lipinski definition) is 0. The molecule has 2 aliphatic rings. The van der Waals surface area contributed by atoms with E-state index in [4.69, 9.17) is 0 Å². The SMILES string of the molecule is C[C@H]1C(=O)N2CCC[C@H]2CN1S(=O)(=O)c1ccc(C(F)(F)F)cc1. The van der Waals surface area contributed by atoms with Crippen LogP contribution in [0.4, 0.5) is 13.2 Å². The van der Waals surface area contributed by atoms with Gasteiger partial charge >= 0.3 is 6.18 Å². The Morgan fingerprint density at radius 2 is 1.79 bits per heavy atom. The second-order valence-electron chi connectivity index (χ2n) is 6.10. The molecule has 0 saturated carbocycles. The van der Waals surface area contributed by atoms with Gasteiger partial charge in [0, 0.05) is 19.1 Å². The average molecular weight is 362 g/mol. The first kappa shape index (κ1) is 17.2. The average Bonchev–Trinajstić information content (AvgIpc) is 2.98. The van der Waals surface area contributed by atoms with Crippen molar-refractivity contribution >= 4 is 15.9 Å². The van der Waals surface area contributed by atoms with Crippen molar-refractivity contribution in [3.8, 4) is 0 Å². The van der Waals surface area contributed by atoms with Crippen LogP contribution in [-0.2, 0) is 21.0 Å². The molecule has 2 fully saturated rings. The van der Waals surface area contributed by atoms with E-state index in [9.17, 15) is 26.4 Å². The molecule has 0 bridgehead atoms. The molecular weight excluding hydrogens is 345 g/mol. The van der Waals surface area contributed by atoms with E-state index in [2.05, 4.69) is 0 Å². The third-order valence-corrected chi connectivity index (χ3v) is 6.58. The maximum atomic E-state index is 12.8. The third kappa shape index (κ3) is 2.79. The van der Waals surface area contributed by atoms with Gasteiger partial charge in [-0.3, -0.25) is 4.79 Å². The summed E-state index contributed by atoms with van der Waals surface area (Å²) in [6.07, 6.45) is -2.96. The number of carbonyl (C=O) groups excluding carboxylic acids is 1. The Bertz CT molecular complexity index is 746. The maximum Gasteiger partial charge on any atom is 0.416 e. The fraction of sp³-hybridized carbons (Fsp3) is 0.533. The smallest absolute Gasteiger partial charge is 0.337 e. The summed E-state index contributed by atoms with van der Waals surface area (Å²) in [7, 11) is -4.03. The molecular formula is C15H17F3N2O3S. The Morgan fingerprint density at radius 3 is 2.38 bits per heavy atom. The summed E-state index contributed by atoms with van der Waals surface area (Å²) in [4.78, 5) is 13.8. The van der Waals surface area contributed by atoms with Crippen LogP contribution in [0.15, 0.2) is 29.2 Å². The van der Waals surface area contributed by atoms with Gasteiger partial charge in [-0.2, -0.15) is 17.5 Å². The minimum atomic E-state index is -4.53. The Labute approximate surface area is 138 Å². The van der Waals surface area contributed by atoms with Gasteiger partial charge < -0.3 is 4.90 Å². The highest BCUT2D eigenvalue weighted by Gasteiger charge is 2.45. The number of benzene rings is 1. The number of alkyl halides is 3. The summed E-state index contributed by atoms with van der Waals surface area (Å²) < 4.78 is 64.5. The molecule has 1 aromatic rings. The highest BCUT2D eigenvalue weighted by atomic mass is 32.2. The minimum absolute atomic E-state index is 0.155. The van der Waals surface area contributed by atoms with Crippen LogP contribution in [0.2, 0.25) is 0 Å². The minimum Gasteiger partial charge on any atom is -0.337 e. The summed E-state index contributed by atoms with van der Waals surface area (Å²) in [5.74, 6) is -0.251. The standard InChI is InChI=1S/C15H17F3N2O3S/c1-10-14(21)19-8-2-3-12(19)9-20(10)24(22,23)13-6-4-11(5-7-13)15(16,17)18/h4-7,10,12H,2-3,8-9H2,1H3/t10-,12-/m0/s1. The van der Waals surface area contributed by atoms with E-state index in [-0.39, 0.29) is 23.4 Å². The van der Waals surface area contributed by atoms with E-state index in [0.29, 0.717) is 6.54 Å². The van der Waals surface area contributed by atoms with Crippen molar-refractivity contribution in [1.82, 2.24) is 9.21 Å². The highest BCUT2D eigenvalue weighted by molar-refractivity contribution is 7.89. The topological polar surface area (TPSA) is 57.7 Å². The van der Waals surface area contributed by atoms with Gasteiger partial charge in [0.2, 0.25) is 15.9 Å². The van der Waals surface area contributed by atoms with Gasteiger partial charge in [0.15, 0.2) is 0 Å². The first-order valence-corrected chi connectivity index (χ1v) is 9.06. The van der Waals surface area contributed by atoms with Crippen molar-refractivity contribution in [3.05, 3.63) is 29.8 Å². The first-order valence-electron chi connectivity index (χ1n) is 7.62. The lowest BCUT2D eigenvalue weighted by molar-refractivity contribution is -0.139. The number of piperazine rings is 1. The number of carbonyl (C=O) groups is 1. The van der Waals surface area contributed by atoms with Crippen LogP contribution in [0, 0.1) is 0 Å². The van der Waals surface area contributed by atoms with Gasteiger partial charge in [-0.1, -0.05) is 0 Å². The van der Waals surface area contributed by atoms with Crippen molar-refractivity contribution in [2.45, 2.75) is 42.9 Å². The van der Waals surface area contributed by atoms with Crippen molar-refractivity contribution in [2.24, 2.45) is 0 Å². The van der Waals surface area contributed by atoms with E-state index < -0.39 is 27.8 Å². The zero-order valence-electron chi connectivity index (χ0n) is 13.0. The van der Waals surface area contributed by atoms with Crippen molar-refractivity contribution in [2.75, 3.05) is 13.1 Å². The third-order valence-electron chi connectivity index (χ3n) is 4.63. The Kier molecular flexibility index (Phi) is 4.11. The van der Waals surface area contributed by atoms with E-state index in [1.807, 2.05) is 0 Å².